The Balaban J connectivity index is 1.86. The first-order valence-corrected chi connectivity index (χ1v) is 7.48. The van der Waals surface area contributed by atoms with E-state index in [9.17, 15) is 14.7 Å². The molecule has 2 aliphatic rings. The van der Waals surface area contributed by atoms with Gasteiger partial charge in [0.2, 0.25) is 0 Å². The van der Waals surface area contributed by atoms with E-state index >= 15 is 0 Å². The number of rotatable bonds is 2. The first kappa shape index (κ1) is 14.8. The van der Waals surface area contributed by atoms with E-state index in [-0.39, 0.29) is 17.6 Å². The van der Waals surface area contributed by atoms with E-state index in [4.69, 9.17) is 9.84 Å². The number of phenolic OH excluding ortho intramolecular Hbond substituents is 1. The summed E-state index contributed by atoms with van der Waals surface area (Å²) in [6.45, 7) is 2.55. The van der Waals surface area contributed by atoms with Crippen LogP contribution < -0.4 is 4.90 Å². The number of phenols is 1. The van der Waals surface area contributed by atoms with Gasteiger partial charge in [0.1, 0.15) is 11.9 Å². The van der Waals surface area contributed by atoms with Crippen molar-refractivity contribution in [2.45, 2.75) is 38.4 Å². The van der Waals surface area contributed by atoms with Gasteiger partial charge in [0.15, 0.2) is 6.10 Å². The fourth-order valence-corrected chi connectivity index (χ4v) is 3.27. The van der Waals surface area contributed by atoms with Crippen LogP contribution in [0.4, 0.5) is 5.69 Å². The highest BCUT2D eigenvalue weighted by Gasteiger charge is 2.39. The molecule has 0 aliphatic carbocycles. The van der Waals surface area contributed by atoms with Gasteiger partial charge in [-0.3, -0.25) is 4.79 Å². The number of ether oxygens (including phenoxy) is 1. The fourth-order valence-electron chi connectivity index (χ4n) is 3.27. The molecule has 6 nitrogen and oxygen atoms in total. The molecule has 2 heterocycles. The largest absolute Gasteiger partial charge is 0.506 e. The Labute approximate surface area is 128 Å². The van der Waals surface area contributed by atoms with Crippen molar-refractivity contribution >= 4 is 17.6 Å². The van der Waals surface area contributed by atoms with Crippen LogP contribution in [0.15, 0.2) is 18.2 Å². The summed E-state index contributed by atoms with van der Waals surface area (Å²) in [5.41, 5.74) is 1.47. The molecule has 3 rings (SSSR count). The lowest BCUT2D eigenvalue weighted by Gasteiger charge is -2.34. The van der Waals surface area contributed by atoms with Crippen LogP contribution in [0.25, 0.3) is 0 Å². The molecule has 0 saturated carbocycles. The average Bonchev–Trinajstić information content (AvgIpc) is 2.95. The predicted molar refractivity (Wildman–Crippen MR) is 78.9 cm³/mol. The van der Waals surface area contributed by atoms with Crippen molar-refractivity contribution < 1.29 is 24.5 Å². The minimum Gasteiger partial charge on any atom is -0.506 e. The van der Waals surface area contributed by atoms with E-state index < -0.39 is 18.2 Å². The number of hydrogen-bond acceptors (Lipinski definition) is 4. The molecule has 22 heavy (non-hydrogen) atoms. The van der Waals surface area contributed by atoms with Gasteiger partial charge in [0, 0.05) is 6.54 Å². The van der Waals surface area contributed by atoms with Crippen LogP contribution in [0.3, 0.4) is 0 Å². The summed E-state index contributed by atoms with van der Waals surface area (Å²) in [6.07, 6.45) is -0.137. The quantitative estimate of drug-likeness (QED) is 0.865. The van der Waals surface area contributed by atoms with Gasteiger partial charge in [-0.1, -0.05) is 19.1 Å². The number of aromatic hydroxyl groups is 1. The third-order valence-electron chi connectivity index (χ3n) is 4.27. The number of anilines is 1. The van der Waals surface area contributed by atoms with Crippen molar-refractivity contribution in [3.05, 3.63) is 23.8 Å². The van der Waals surface area contributed by atoms with E-state index in [0.717, 1.165) is 12.0 Å². The lowest BCUT2D eigenvalue weighted by atomic mass is 9.93. The number of hydrogen-bond donors (Lipinski definition) is 2. The molecule has 6 heteroatoms. The molecule has 0 aromatic heterocycles. The molecule has 118 valence electrons. The van der Waals surface area contributed by atoms with E-state index in [1.165, 1.54) is 0 Å². The van der Waals surface area contributed by atoms with Crippen molar-refractivity contribution in [1.29, 1.82) is 0 Å². The Kier molecular flexibility index (Phi) is 3.78. The number of carbonyl (C=O) groups is 2. The summed E-state index contributed by atoms with van der Waals surface area (Å²) in [5.74, 6) is -0.955. The number of aliphatic carboxylic acids is 1. The molecule has 1 fully saturated rings. The Morgan fingerprint density at radius 1 is 1.27 bits per heavy atom. The van der Waals surface area contributed by atoms with Crippen molar-refractivity contribution in [3.8, 4) is 5.75 Å². The molecule has 0 bridgehead atoms. The molecular formula is C16H19NO5. The molecule has 1 aromatic carbocycles. The van der Waals surface area contributed by atoms with Crippen LogP contribution in [0.5, 0.6) is 5.75 Å². The van der Waals surface area contributed by atoms with Crippen molar-refractivity contribution in [2.75, 3.05) is 11.4 Å². The average molecular weight is 305 g/mol. The first-order chi connectivity index (χ1) is 10.5. The van der Waals surface area contributed by atoms with Crippen LogP contribution in [-0.4, -0.2) is 40.8 Å². The summed E-state index contributed by atoms with van der Waals surface area (Å²) < 4.78 is 5.36. The van der Waals surface area contributed by atoms with E-state index in [2.05, 4.69) is 0 Å². The molecule has 1 aromatic rings. The second-order valence-electron chi connectivity index (χ2n) is 6.07. The number of benzene rings is 1. The van der Waals surface area contributed by atoms with Gasteiger partial charge in [-0.2, -0.15) is 0 Å². The Hall–Kier alpha value is -2.08. The Bertz CT molecular complexity index is 615. The second-order valence-corrected chi connectivity index (χ2v) is 6.07. The topological polar surface area (TPSA) is 87.1 Å². The third-order valence-corrected chi connectivity index (χ3v) is 4.27. The van der Waals surface area contributed by atoms with Crippen molar-refractivity contribution in [3.63, 3.8) is 0 Å². The maximum absolute atomic E-state index is 12.7. The number of carboxylic acids is 1. The number of fused-ring (bicyclic) bond motifs is 1. The molecule has 0 radical (unpaired) electrons. The van der Waals surface area contributed by atoms with Crippen LogP contribution in [0.2, 0.25) is 0 Å². The lowest BCUT2D eigenvalue weighted by Crippen LogP contribution is -2.45. The number of amides is 1. The van der Waals surface area contributed by atoms with Gasteiger partial charge in [0.25, 0.3) is 5.91 Å². The zero-order valence-corrected chi connectivity index (χ0v) is 12.4. The standard InChI is InChI=1S/C16H19NO5/c1-9-7-10-3-2-4-11(18)14(10)17(8-9)15(19)12-5-6-13(22-12)16(20)21/h2-4,9,12-13,18H,5-8H2,1H3,(H,20,21)/t9?,12-,13+/m1/s1. The minimum absolute atomic E-state index is 0.0746. The number of para-hydroxylation sites is 1. The number of carbonyl (C=O) groups excluding carboxylic acids is 1. The highest BCUT2D eigenvalue weighted by atomic mass is 16.5. The van der Waals surface area contributed by atoms with Gasteiger partial charge in [-0.05, 0) is 36.8 Å². The number of nitrogens with zero attached hydrogens (tertiary/aromatic N) is 1. The zero-order chi connectivity index (χ0) is 15.9. The SMILES string of the molecule is CC1Cc2cccc(O)c2N(C(=O)[C@H]2CC[C@@H](C(=O)O)O2)C1. The lowest BCUT2D eigenvalue weighted by molar-refractivity contribution is -0.151. The zero-order valence-electron chi connectivity index (χ0n) is 12.4. The van der Waals surface area contributed by atoms with Crippen LogP contribution in [-0.2, 0) is 20.7 Å². The molecule has 1 amide bonds. The smallest absolute Gasteiger partial charge is 0.332 e. The molecule has 1 unspecified atom stereocenters. The fraction of sp³-hybridized carbons (Fsp3) is 0.500. The highest BCUT2D eigenvalue weighted by Crippen LogP contribution is 2.38. The van der Waals surface area contributed by atoms with E-state index in [1.807, 2.05) is 13.0 Å². The third kappa shape index (κ3) is 2.54. The normalized spacial score (nSPS) is 27.5. The van der Waals surface area contributed by atoms with Gasteiger partial charge in [-0.25, -0.2) is 4.79 Å². The van der Waals surface area contributed by atoms with Gasteiger partial charge < -0.3 is 19.8 Å². The van der Waals surface area contributed by atoms with Crippen molar-refractivity contribution in [2.24, 2.45) is 5.92 Å². The van der Waals surface area contributed by atoms with Gasteiger partial charge in [0.05, 0.1) is 5.69 Å². The molecular weight excluding hydrogens is 286 g/mol. The molecule has 1 saturated heterocycles. The first-order valence-electron chi connectivity index (χ1n) is 7.48. The van der Waals surface area contributed by atoms with E-state index in [1.54, 1.807) is 17.0 Å². The maximum atomic E-state index is 12.7. The van der Waals surface area contributed by atoms with E-state index in [0.29, 0.717) is 25.1 Å². The van der Waals surface area contributed by atoms with Crippen LogP contribution >= 0.6 is 0 Å². The molecule has 2 aliphatic heterocycles. The summed E-state index contributed by atoms with van der Waals surface area (Å²) >= 11 is 0. The Morgan fingerprint density at radius 3 is 2.68 bits per heavy atom. The highest BCUT2D eigenvalue weighted by molar-refractivity contribution is 5.99. The second kappa shape index (κ2) is 5.61. The summed E-state index contributed by atoms with van der Waals surface area (Å²) in [6, 6.07) is 5.23. The van der Waals surface area contributed by atoms with Gasteiger partial charge >= 0.3 is 5.97 Å². The monoisotopic (exact) mass is 305 g/mol. The van der Waals surface area contributed by atoms with Crippen molar-refractivity contribution in [1.82, 2.24) is 0 Å². The number of carboxylic acid groups (broad SMARTS) is 1. The summed E-state index contributed by atoms with van der Waals surface area (Å²) in [4.78, 5) is 25.2. The summed E-state index contributed by atoms with van der Waals surface area (Å²) in [5, 5.41) is 19.1. The van der Waals surface area contributed by atoms with Crippen LogP contribution in [0, 0.1) is 5.92 Å². The Morgan fingerprint density at radius 2 is 2.00 bits per heavy atom. The predicted octanol–water partition coefficient (Wildman–Crippen LogP) is 1.55. The maximum Gasteiger partial charge on any atom is 0.332 e. The molecule has 2 N–H and O–H groups in total. The minimum atomic E-state index is -1.04. The summed E-state index contributed by atoms with van der Waals surface area (Å²) in [7, 11) is 0. The van der Waals surface area contributed by atoms with Crippen LogP contribution in [0.1, 0.15) is 25.3 Å². The van der Waals surface area contributed by atoms with Gasteiger partial charge in [-0.15, -0.1) is 0 Å². The molecule has 0 spiro atoms. The molecule has 3 atom stereocenters.